The number of para-hydroxylation sites is 2. The van der Waals surface area contributed by atoms with Gasteiger partial charge in [-0.2, -0.15) is 0 Å². The number of fused-ring (bicyclic) bond motifs is 1. The molecule has 1 aromatic heterocycles. The molecule has 0 saturated carbocycles. The van der Waals surface area contributed by atoms with Crippen molar-refractivity contribution in [3.8, 4) is 5.75 Å². The molecule has 0 radical (unpaired) electrons. The Bertz CT molecular complexity index is 1280. The van der Waals surface area contributed by atoms with E-state index in [9.17, 15) is 9.59 Å². The monoisotopic (exact) mass is 565 g/mol. The zero-order valence-electron chi connectivity index (χ0n) is 25.2. The number of unbranched alkanes of at least 4 members (excludes halogenated alkanes) is 9. The van der Waals surface area contributed by atoms with Crippen molar-refractivity contribution in [1.82, 2.24) is 14.6 Å². The molecule has 2 N–H and O–H groups in total. The van der Waals surface area contributed by atoms with E-state index in [-0.39, 0.29) is 0 Å². The first kappa shape index (κ1) is 31.8. The molecule has 0 unspecified atom stereocenters. The number of amides is 2. The average Bonchev–Trinajstić information content (AvgIpc) is 3.31. The molecule has 0 aliphatic carbocycles. The lowest BCUT2D eigenvalue weighted by Crippen LogP contribution is -2.33. The highest BCUT2D eigenvalue weighted by atomic mass is 16.5. The molecule has 0 fully saturated rings. The number of hydrogen-bond donors (Lipinski definition) is 2. The molecule has 2 aromatic carbocycles. The van der Waals surface area contributed by atoms with Crippen molar-refractivity contribution in [1.29, 1.82) is 0 Å². The summed E-state index contributed by atoms with van der Waals surface area (Å²) in [5.74, 6) is 0.00543. The number of anilines is 1. The molecule has 1 heterocycles. The molecule has 41 heavy (non-hydrogen) atoms. The predicted molar refractivity (Wildman–Crippen MR) is 164 cm³/mol. The van der Waals surface area contributed by atoms with Crippen LogP contribution >= 0.6 is 0 Å². The third-order valence-corrected chi connectivity index (χ3v) is 7.25. The van der Waals surface area contributed by atoms with E-state index >= 15 is 0 Å². The highest BCUT2D eigenvalue weighted by Crippen LogP contribution is 2.26. The second-order valence-corrected chi connectivity index (χ2v) is 10.2. The van der Waals surface area contributed by atoms with Crippen LogP contribution < -0.4 is 21.1 Å². The molecule has 0 aliphatic rings. The van der Waals surface area contributed by atoms with Crippen molar-refractivity contribution in [3.05, 3.63) is 53.6 Å². The number of ether oxygens (including phenoxy) is 2. The predicted octanol–water partition coefficient (Wildman–Crippen LogP) is 7.21. The lowest BCUT2D eigenvalue weighted by Gasteiger charge is -2.12. The molecule has 3 aromatic rings. The Balaban J connectivity index is 1.54. The van der Waals surface area contributed by atoms with E-state index in [1.54, 1.807) is 18.2 Å². The van der Waals surface area contributed by atoms with Gasteiger partial charge in [-0.3, -0.25) is 0 Å². The smallest absolute Gasteiger partial charge is 0.339 e. The van der Waals surface area contributed by atoms with Crippen molar-refractivity contribution in [2.24, 2.45) is 5.10 Å². The molecular weight excluding hydrogens is 518 g/mol. The minimum atomic E-state index is -0.547. The minimum absolute atomic E-state index is 0.347. The van der Waals surface area contributed by atoms with Gasteiger partial charge in [0, 0.05) is 13.1 Å². The number of aryl methyl sites for hydroxylation is 2. The molecule has 0 spiro atoms. The fourth-order valence-corrected chi connectivity index (χ4v) is 5.05. The summed E-state index contributed by atoms with van der Waals surface area (Å²) in [5.41, 5.74) is 6.03. The van der Waals surface area contributed by atoms with Crippen molar-refractivity contribution < 1.29 is 19.1 Å². The quantitative estimate of drug-likeness (QED) is 0.103. The summed E-state index contributed by atoms with van der Waals surface area (Å²) in [7, 11) is 1.51. The van der Waals surface area contributed by atoms with Gasteiger partial charge in [0.15, 0.2) is 0 Å². The first-order valence-electron chi connectivity index (χ1n) is 15.2. The minimum Gasteiger partial charge on any atom is -0.495 e. The molecule has 0 aliphatic heterocycles. The van der Waals surface area contributed by atoms with E-state index in [0.717, 1.165) is 23.9 Å². The summed E-state index contributed by atoms with van der Waals surface area (Å²) in [6.45, 7) is 8.10. The number of hydrogen-bond acceptors (Lipinski definition) is 5. The van der Waals surface area contributed by atoms with Crippen molar-refractivity contribution in [2.45, 2.75) is 98.1 Å². The number of benzene rings is 2. The number of carbonyl (C=O) groups excluding carboxylic acids is 2. The zero-order chi connectivity index (χ0) is 29.5. The molecular formula is C32H47N5O4. The van der Waals surface area contributed by atoms with Crippen molar-refractivity contribution in [3.63, 3.8) is 0 Å². The van der Waals surface area contributed by atoms with Gasteiger partial charge in [0.2, 0.25) is 5.62 Å². The largest absolute Gasteiger partial charge is 0.495 e. The van der Waals surface area contributed by atoms with E-state index in [1.165, 1.54) is 58.5 Å². The summed E-state index contributed by atoms with van der Waals surface area (Å²) >= 11 is 0. The SMILES string of the molecule is CCCCCCCCCCCCOC(=O)c1ccc(OC)c(NC(=O)NN=c2n(CC)c3ccccc3n2CC)c1. The van der Waals surface area contributed by atoms with E-state index in [0.29, 0.717) is 42.3 Å². The number of rotatable bonds is 17. The topological polar surface area (TPSA) is 98.9 Å². The maximum atomic E-state index is 12.8. The van der Waals surface area contributed by atoms with Crippen LogP contribution in [0.5, 0.6) is 5.75 Å². The number of esters is 1. The van der Waals surface area contributed by atoms with E-state index in [2.05, 4.69) is 22.8 Å². The fraction of sp³-hybridized carbons (Fsp3) is 0.531. The third kappa shape index (κ3) is 9.13. The molecule has 224 valence electrons. The first-order chi connectivity index (χ1) is 20.0. The van der Waals surface area contributed by atoms with Crippen LogP contribution in [0.4, 0.5) is 10.5 Å². The summed E-state index contributed by atoms with van der Waals surface area (Å²) in [5, 5.41) is 7.17. The Hall–Kier alpha value is -3.75. The van der Waals surface area contributed by atoms with Gasteiger partial charge in [-0.05, 0) is 50.6 Å². The lowest BCUT2D eigenvalue weighted by atomic mass is 10.1. The summed E-state index contributed by atoms with van der Waals surface area (Å²) in [6.07, 6.45) is 12.2. The number of carbonyl (C=O) groups is 2. The van der Waals surface area contributed by atoms with Gasteiger partial charge < -0.3 is 23.9 Å². The van der Waals surface area contributed by atoms with Crippen LogP contribution in [-0.2, 0) is 17.8 Å². The Morgan fingerprint density at radius 2 is 1.39 bits per heavy atom. The van der Waals surface area contributed by atoms with Crippen LogP contribution in [0.2, 0.25) is 0 Å². The maximum absolute atomic E-state index is 12.8. The third-order valence-electron chi connectivity index (χ3n) is 7.25. The summed E-state index contributed by atoms with van der Waals surface area (Å²) in [4.78, 5) is 25.5. The Morgan fingerprint density at radius 3 is 1.95 bits per heavy atom. The van der Waals surface area contributed by atoms with Gasteiger partial charge in [0.25, 0.3) is 0 Å². The van der Waals surface area contributed by atoms with Gasteiger partial charge in [-0.15, -0.1) is 5.10 Å². The van der Waals surface area contributed by atoms with Gasteiger partial charge in [-0.1, -0.05) is 76.8 Å². The Labute approximate surface area is 243 Å². The van der Waals surface area contributed by atoms with E-state index in [4.69, 9.17) is 9.47 Å². The van der Waals surface area contributed by atoms with Gasteiger partial charge in [0.05, 0.1) is 36.0 Å². The lowest BCUT2D eigenvalue weighted by molar-refractivity contribution is 0.0497. The Morgan fingerprint density at radius 1 is 0.805 bits per heavy atom. The second kappa shape index (κ2) is 17.1. The molecule has 3 rings (SSSR count). The Kier molecular flexibility index (Phi) is 13.3. The zero-order valence-corrected chi connectivity index (χ0v) is 25.2. The van der Waals surface area contributed by atoms with E-state index in [1.807, 2.05) is 47.2 Å². The van der Waals surface area contributed by atoms with Crippen LogP contribution in [0.1, 0.15) is 95.3 Å². The van der Waals surface area contributed by atoms with Gasteiger partial charge >= 0.3 is 12.0 Å². The fourth-order valence-electron chi connectivity index (χ4n) is 5.05. The number of nitrogens with zero attached hydrogens (tertiary/aromatic N) is 3. The molecule has 0 saturated heterocycles. The van der Waals surface area contributed by atoms with Crippen LogP contribution in [0.25, 0.3) is 11.0 Å². The van der Waals surface area contributed by atoms with E-state index < -0.39 is 12.0 Å². The van der Waals surface area contributed by atoms with Crippen LogP contribution in [0.3, 0.4) is 0 Å². The number of urea groups is 1. The summed E-state index contributed by atoms with van der Waals surface area (Å²) in [6, 6.07) is 12.3. The molecule has 0 bridgehead atoms. The second-order valence-electron chi connectivity index (χ2n) is 10.2. The van der Waals surface area contributed by atoms with Crippen molar-refractivity contribution >= 4 is 28.7 Å². The number of nitrogens with one attached hydrogen (secondary N) is 2. The van der Waals surface area contributed by atoms with Crippen molar-refractivity contribution in [2.75, 3.05) is 19.0 Å². The van der Waals surface area contributed by atoms with Crippen LogP contribution in [0.15, 0.2) is 47.6 Å². The average molecular weight is 566 g/mol. The molecule has 9 heteroatoms. The molecule has 2 amide bonds. The maximum Gasteiger partial charge on any atom is 0.339 e. The van der Waals surface area contributed by atoms with Crippen LogP contribution in [0, 0.1) is 0 Å². The highest BCUT2D eigenvalue weighted by molar-refractivity contribution is 5.95. The summed E-state index contributed by atoms with van der Waals surface area (Å²) < 4.78 is 15.0. The highest BCUT2D eigenvalue weighted by Gasteiger charge is 2.14. The standard InChI is InChI=1S/C32H47N5O4/c1-5-8-9-10-11-12-13-14-15-18-23-41-30(38)25-21-22-29(40-4)26(24-25)33-31(39)34-35-32-36(6-2)27-19-16-17-20-28(27)37(32)7-3/h16-17,19-22,24H,5-15,18,23H2,1-4H3,(H2,33,34,39). The molecule has 0 atom stereocenters. The normalized spacial score (nSPS) is 10.9. The van der Waals surface area contributed by atoms with Gasteiger partial charge in [0.1, 0.15) is 5.75 Å². The van der Waals surface area contributed by atoms with Gasteiger partial charge in [-0.25, -0.2) is 15.0 Å². The molecule has 9 nitrogen and oxygen atoms in total. The number of methoxy groups -OCH3 is 1. The first-order valence-corrected chi connectivity index (χ1v) is 15.2. The number of imidazole rings is 1. The number of aromatic nitrogens is 2. The van der Waals surface area contributed by atoms with Crippen LogP contribution in [-0.4, -0.2) is 34.9 Å².